The van der Waals surface area contributed by atoms with Crippen molar-refractivity contribution in [2.24, 2.45) is 5.92 Å². The SMILES string of the molecule is Cc1ccc(-c2nc3nc(-c4ccccc4)nc(NCC4CC4c4cccs4)c3o2)cc1. The molecule has 1 saturated carbocycles. The minimum atomic E-state index is 0.561. The van der Waals surface area contributed by atoms with Gasteiger partial charge in [-0.05, 0) is 48.8 Å². The Labute approximate surface area is 190 Å². The summed E-state index contributed by atoms with van der Waals surface area (Å²) >= 11 is 1.84. The molecule has 158 valence electrons. The first-order valence-corrected chi connectivity index (χ1v) is 11.7. The van der Waals surface area contributed by atoms with Crippen LogP contribution < -0.4 is 5.32 Å². The third-order valence-electron chi connectivity index (χ3n) is 5.95. The molecular weight excluding hydrogens is 416 g/mol. The number of fused-ring (bicyclic) bond motifs is 1. The minimum absolute atomic E-state index is 0.561. The topological polar surface area (TPSA) is 63.8 Å². The summed E-state index contributed by atoms with van der Waals surface area (Å²) in [7, 11) is 0. The van der Waals surface area contributed by atoms with E-state index in [2.05, 4.69) is 41.9 Å². The Kier molecular flexibility index (Phi) is 4.72. The predicted octanol–water partition coefficient (Wildman–Crippen LogP) is 6.54. The number of anilines is 1. The predicted molar refractivity (Wildman–Crippen MR) is 129 cm³/mol. The quantitative estimate of drug-likeness (QED) is 0.326. The molecule has 1 aliphatic rings. The number of nitrogens with zero attached hydrogens (tertiary/aromatic N) is 3. The smallest absolute Gasteiger partial charge is 0.229 e. The van der Waals surface area contributed by atoms with Crippen LogP contribution in [0.3, 0.4) is 0 Å². The molecule has 3 heterocycles. The summed E-state index contributed by atoms with van der Waals surface area (Å²) < 4.78 is 6.17. The highest BCUT2D eigenvalue weighted by Crippen LogP contribution is 2.49. The van der Waals surface area contributed by atoms with Gasteiger partial charge in [-0.3, -0.25) is 0 Å². The van der Waals surface area contributed by atoms with Gasteiger partial charge in [0.15, 0.2) is 11.6 Å². The Balaban J connectivity index is 1.35. The Morgan fingerprint density at radius 1 is 0.938 bits per heavy atom. The highest BCUT2D eigenvalue weighted by atomic mass is 32.1. The molecule has 32 heavy (non-hydrogen) atoms. The normalized spacial score (nSPS) is 17.5. The third-order valence-corrected chi connectivity index (χ3v) is 6.95. The average Bonchev–Trinajstić information content (AvgIpc) is 3.21. The van der Waals surface area contributed by atoms with Crippen LogP contribution in [0, 0.1) is 12.8 Å². The van der Waals surface area contributed by atoms with Crippen molar-refractivity contribution in [3.63, 3.8) is 0 Å². The summed E-state index contributed by atoms with van der Waals surface area (Å²) in [5.41, 5.74) is 4.26. The molecule has 2 unspecified atom stereocenters. The van der Waals surface area contributed by atoms with Crippen LogP contribution in [0.2, 0.25) is 0 Å². The van der Waals surface area contributed by atoms with E-state index in [1.54, 1.807) is 0 Å². The fourth-order valence-corrected chi connectivity index (χ4v) is 4.97. The lowest BCUT2D eigenvalue weighted by Gasteiger charge is -2.07. The van der Waals surface area contributed by atoms with Gasteiger partial charge in [0.1, 0.15) is 0 Å². The molecule has 0 saturated heterocycles. The van der Waals surface area contributed by atoms with E-state index in [0.29, 0.717) is 40.6 Å². The Morgan fingerprint density at radius 2 is 1.78 bits per heavy atom. The monoisotopic (exact) mass is 438 g/mol. The second kappa shape index (κ2) is 7.88. The fraction of sp³-hybridized carbons (Fsp3) is 0.192. The third kappa shape index (κ3) is 3.67. The zero-order chi connectivity index (χ0) is 21.5. The van der Waals surface area contributed by atoms with Gasteiger partial charge in [0.25, 0.3) is 0 Å². The zero-order valence-corrected chi connectivity index (χ0v) is 18.5. The van der Waals surface area contributed by atoms with Crippen molar-refractivity contribution in [3.05, 3.63) is 82.6 Å². The summed E-state index contributed by atoms with van der Waals surface area (Å²) in [5.74, 6) is 3.17. The van der Waals surface area contributed by atoms with E-state index in [1.165, 1.54) is 16.9 Å². The summed E-state index contributed by atoms with van der Waals surface area (Å²) in [6.07, 6.45) is 1.21. The van der Waals surface area contributed by atoms with E-state index in [1.807, 2.05) is 53.8 Å². The zero-order valence-electron chi connectivity index (χ0n) is 17.7. The number of aryl methyl sites for hydroxylation is 1. The van der Waals surface area contributed by atoms with Gasteiger partial charge in [-0.2, -0.15) is 4.98 Å². The number of aromatic nitrogens is 3. The van der Waals surface area contributed by atoms with Gasteiger partial charge in [0, 0.05) is 22.5 Å². The number of hydrogen-bond acceptors (Lipinski definition) is 6. The molecule has 2 atom stereocenters. The number of hydrogen-bond donors (Lipinski definition) is 1. The van der Waals surface area contributed by atoms with E-state index in [4.69, 9.17) is 19.4 Å². The molecule has 0 amide bonds. The van der Waals surface area contributed by atoms with Gasteiger partial charge in [-0.15, -0.1) is 11.3 Å². The molecule has 0 aliphatic heterocycles. The molecule has 6 rings (SSSR count). The van der Waals surface area contributed by atoms with Crippen LogP contribution in [-0.2, 0) is 0 Å². The molecule has 2 aromatic carbocycles. The number of oxazole rings is 1. The van der Waals surface area contributed by atoms with Gasteiger partial charge in [-0.1, -0.05) is 54.1 Å². The lowest BCUT2D eigenvalue weighted by atomic mass is 10.1. The van der Waals surface area contributed by atoms with Crippen molar-refractivity contribution >= 4 is 28.4 Å². The van der Waals surface area contributed by atoms with Crippen molar-refractivity contribution in [2.75, 3.05) is 11.9 Å². The van der Waals surface area contributed by atoms with Gasteiger partial charge in [0.05, 0.1) is 0 Å². The van der Waals surface area contributed by atoms with Crippen LogP contribution in [-0.4, -0.2) is 21.5 Å². The molecule has 5 aromatic rings. The van der Waals surface area contributed by atoms with Crippen LogP contribution in [0.25, 0.3) is 34.1 Å². The maximum atomic E-state index is 6.17. The summed E-state index contributed by atoms with van der Waals surface area (Å²) in [6.45, 7) is 2.92. The lowest BCUT2D eigenvalue weighted by molar-refractivity contribution is 0.618. The molecule has 0 radical (unpaired) electrons. The average molecular weight is 439 g/mol. The van der Waals surface area contributed by atoms with Crippen molar-refractivity contribution < 1.29 is 4.42 Å². The van der Waals surface area contributed by atoms with Crippen LogP contribution >= 0.6 is 11.3 Å². The van der Waals surface area contributed by atoms with E-state index < -0.39 is 0 Å². The van der Waals surface area contributed by atoms with E-state index in [9.17, 15) is 0 Å². The van der Waals surface area contributed by atoms with Gasteiger partial charge >= 0.3 is 0 Å². The standard InChI is InChI=1S/C26H22N4OS/c1-16-9-11-18(12-10-16)26-30-25-22(31-26)24(28-23(29-25)17-6-3-2-4-7-17)27-15-19-14-20(19)21-8-5-13-32-21/h2-13,19-20H,14-15H2,1H3,(H,27,28,29). The number of benzene rings is 2. The van der Waals surface area contributed by atoms with Crippen LogP contribution in [0.1, 0.15) is 22.8 Å². The van der Waals surface area contributed by atoms with Gasteiger partial charge in [0.2, 0.25) is 17.1 Å². The Morgan fingerprint density at radius 3 is 2.56 bits per heavy atom. The minimum Gasteiger partial charge on any atom is -0.430 e. The Bertz CT molecular complexity index is 1360. The molecule has 0 bridgehead atoms. The summed E-state index contributed by atoms with van der Waals surface area (Å²) in [5, 5.41) is 5.70. The van der Waals surface area contributed by atoms with Gasteiger partial charge in [-0.25, -0.2) is 9.97 Å². The van der Waals surface area contributed by atoms with E-state index >= 15 is 0 Å². The molecule has 1 aliphatic carbocycles. The van der Waals surface area contributed by atoms with Crippen molar-refractivity contribution in [1.29, 1.82) is 0 Å². The van der Waals surface area contributed by atoms with Crippen molar-refractivity contribution in [2.45, 2.75) is 19.3 Å². The van der Waals surface area contributed by atoms with Crippen LogP contribution in [0.4, 0.5) is 5.82 Å². The maximum Gasteiger partial charge on any atom is 0.229 e. The first-order chi connectivity index (χ1) is 15.7. The summed E-state index contributed by atoms with van der Waals surface area (Å²) in [4.78, 5) is 15.7. The first kappa shape index (κ1) is 19.2. The number of thiophene rings is 1. The van der Waals surface area contributed by atoms with Gasteiger partial charge < -0.3 is 9.73 Å². The molecule has 3 aromatic heterocycles. The number of rotatable bonds is 6. The summed E-state index contributed by atoms with van der Waals surface area (Å²) in [6, 6.07) is 22.5. The lowest BCUT2D eigenvalue weighted by Crippen LogP contribution is -2.07. The van der Waals surface area contributed by atoms with E-state index in [-0.39, 0.29) is 0 Å². The largest absolute Gasteiger partial charge is 0.430 e. The second-order valence-corrected chi connectivity index (χ2v) is 9.28. The molecule has 1 fully saturated rings. The fourth-order valence-electron chi connectivity index (χ4n) is 4.03. The van der Waals surface area contributed by atoms with Crippen LogP contribution in [0.5, 0.6) is 0 Å². The maximum absolute atomic E-state index is 6.17. The Hall–Kier alpha value is -3.51. The molecule has 0 spiro atoms. The van der Waals surface area contributed by atoms with Crippen molar-refractivity contribution in [1.82, 2.24) is 15.0 Å². The number of nitrogens with one attached hydrogen (secondary N) is 1. The molecule has 1 N–H and O–H groups in total. The highest BCUT2D eigenvalue weighted by molar-refractivity contribution is 7.10. The second-order valence-electron chi connectivity index (χ2n) is 8.30. The van der Waals surface area contributed by atoms with E-state index in [0.717, 1.165) is 17.7 Å². The van der Waals surface area contributed by atoms with Crippen LogP contribution in [0.15, 0.2) is 76.5 Å². The molecular formula is C26H22N4OS. The van der Waals surface area contributed by atoms with Crippen molar-refractivity contribution in [3.8, 4) is 22.8 Å². The molecule has 5 nitrogen and oxygen atoms in total. The first-order valence-electron chi connectivity index (χ1n) is 10.8. The highest BCUT2D eigenvalue weighted by Gasteiger charge is 2.38. The molecule has 6 heteroatoms.